The lowest BCUT2D eigenvalue weighted by atomic mass is 9.82. The smallest absolute Gasteiger partial charge is 0.383 e. The maximum atomic E-state index is 12.8. The summed E-state index contributed by atoms with van der Waals surface area (Å²) in [6.07, 6.45) is -2.72. The molecule has 7 heteroatoms. The standard InChI is InChI=1S/C18H24F3NO3/c1-17(7-10-25-11-8-17)13-22(9-12-24-2)16(23)14-3-5-15(6-4-14)18(19,20)21/h3-6H,7-13H2,1-2H3. The molecular formula is C18H24F3NO3. The summed E-state index contributed by atoms with van der Waals surface area (Å²) in [6.45, 7) is 4.72. The monoisotopic (exact) mass is 359 g/mol. The van der Waals surface area contributed by atoms with Crippen molar-refractivity contribution in [2.75, 3.05) is 40.0 Å². The van der Waals surface area contributed by atoms with Crippen LogP contribution in [-0.2, 0) is 15.7 Å². The van der Waals surface area contributed by atoms with Gasteiger partial charge in [-0.1, -0.05) is 6.92 Å². The molecule has 1 aromatic carbocycles. The van der Waals surface area contributed by atoms with Crippen LogP contribution in [0.1, 0.15) is 35.7 Å². The van der Waals surface area contributed by atoms with Crippen molar-refractivity contribution in [1.82, 2.24) is 4.90 Å². The maximum Gasteiger partial charge on any atom is 0.416 e. The largest absolute Gasteiger partial charge is 0.416 e. The van der Waals surface area contributed by atoms with Gasteiger partial charge in [0.15, 0.2) is 0 Å². The van der Waals surface area contributed by atoms with Crippen molar-refractivity contribution in [2.45, 2.75) is 25.9 Å². The van der Waals surface area contributed by atoms with E-state index in [0.717, 1.165) is 25.0 Å². The predicted molar refractivity (Wildman–Crippen MR) is 87.4 cm³/mol. The Bertz CT molecular complexity index is 566. The molecule has 2 rings (SSSR count). The van der Waals surface area contributed by atoms with Crippen LogP contribution >= 0.6 is 0 Å². The Morgan fingerprint density at radius 2 is 1.84 bits per heavy atom. The summed E-state index contributed by atoms with van der Waals surface area (Å²) in [6, 6.07) is 4.35. The molecule has 0 aromatic heterocycles. The zero-order valence-electron chi connectivity index (χ0n) is 14.6. The minimum atomic E-state index is -4.41. The second-order valence-electron chi connectivity index (χ2n) is 6.72. The molecule has 4 nitrogen and oxygen atoms in total. The number of rotatable bonds is 6. The number of alkyl halides is 3. The number of ether oxygens (including phenoxy) is 2. The van der Waals surface area contributed by atoms with E-state index in [0.29, 0.717) is 32.9 Å². The van der Waals surface area contributed by atoms with Crippen LogP contribution < -0.4 is 0 Å². The summed E-state index contributed by atoms with van der Waals surface area (Å²) in [5.74, 6) is -0.279. The van der Waals surface area contributed by atoms with E-state index in [4.69, 9.17) is 9.47 Å². The third kappa shape index (κ3) is 5.44. The van der Waals surface area contributed by atoms with E-state index in [-0.39, 0.29) is 16.9 Å². The van der Waals surface area contributed by atoms with Gasteiger partial charge < -0.3 is 14.4 Å². The Labute approximate surface area is 145 Å². The summed E-state index contributed by atoms with van der Waals surface area (Å²) < 4.78 is 48.5. The lowest BCUT2D eigenvalue weighted by molar-refractivity contribution is -0.137. The van der Waals surface area contributed by atoms with Crippen molar-refractivity contribution in [1.29, 1.82) is 0 Å². The molecule has 1 aliphatic rings. The van der Waals surface area contributed by atoms with Gasteiger partial charge in [0.2, 0.25) is 0 Å². The first-order chi connectivity index (χ1) is 11.7. The number of halogens is 3. The number of hydrogen-bond acceptors (Lipinski definition) is 3. The molecule has 1 fully saturated rings. The average Bonchev–Trinajstić information content (AvgIpc) is 2.58. The molecule has 1 saturated heterocycles. The molecule has 140 valence electrons. The molecule has 25 heavy (non-hydrogen) atoms. The Morgan fingerprint density at radius 3 is 2.36 bits per heavy atom. The third-order valence-electron chi connectivity index (χ3n) is 4.58. The zero-order chi connectivity index (χ0) is 18.5. The van der Waals surface area contributed by atoms with Crippen molar-refractivity contribution >= 4 is 5.91 Å². The molecule has 0 spiro atoms. The van der Waals surface area contributed by atoms with Crippen LogP contribution in [0.5, 0.6) is 0 Å². The van der Waals surface area contributed by atoms with Gasteiger partial charge in [-0.05, 0) is 42.5 Å². The molecule has 0 bridgehead atoms. The summed E-state index contributed by atoms with van der Waals surface area (Å²) in [4.78, 5) is 14.4. The van der Waals surface area contributed by atoms with Gasteiger partial charge in [-0.2, -0.15) is 13.2 Å². The minimum absolute atomic E-state index is 0.0619. The predicted octanol–water partition coefficient (Wildman–Crippen LogP) is 3.61. The lowest BCUT2D eigenvalue weighted by Gasteiger charge is -2.38. The molecule has 0 saturated carbocycles. The fourth-order valence-electron chi connectivity index (χ4n) is 2.92. The van der Waals surface area contributed by atoms with E-state index >= 15 is 0 Å². The number of benzene rings is 1. The summed E-state index contributed by atoms with van der Waals surface area (Å²) >= 11 is 0. The third-order valence-corrected chi connectivity index (χ3v) is 4.58. The molecule has 0 N–H and O–H groups in total. The SMILES string of the molecule is COCCN(CC1(C)CCOCC1)C(=O)c1ccc(C(F)(F)F)cc1. The summed E-state index contributed by atoms with van der Waals surface area (Å²) in [7, 11) is 1.55. The highest BCUT2D eigenvalue weighted by Gasteiger charge is 2.33. The first kappa shape index (κ1) is 19.7. The molecule has 0 atom stereocenters. The van der Waals surface area contributed by atoms with Gasteiger partial charge in [-0.15, -0.1) is 0 Å². The molecular weight excluding hydrogens is 335 g/mol. The van der Waals surface area contributed by atoms with Crippen molar-refractivity contribution in [3.05, 3.63) is 35.4 Å². The fourth-order valence-corrected chi connectivity index (χ4v) is 2.92. The van der Waals surface area contributed by atoms with Crippen LogP contribution in [0, 0.1) is 5.41 Å². The van der Waals surface area contributed by atoms with Gasteiger partial charge in [0.1, 0.15) is 0 Å². The van der Waals surface area contributed by atoms with Crippen LogP contribution in [0.4, 0.5) is 13.2 Å². The highest BCUT2D eigenvalue weighted by Crippen LogP contribution is 2.32. The fraction of sp³-hybridized carbons (Fsp3) is 0.611. The molecule has 0 radical (unpaired) electrons. The Balaban J connectivity index is 2.14. The number of methoxy groups -OCH3 is 1. The van der Waals surface area contributed by atoms with Gasteiger partial charge >= 0.3 is 6.18 Å². The van der Waals surface area contributed by atoms with E-state index in [1.165, 1.54) is 12.1 Å². The molecule has 1 aliphatic heterocycles. The van der Waals surface area contributed by atoms with Gasteiger partial charge in [0, 0.05) is 39.0 Å². The van der Waals surface area contributed by atoms with E-state index in [9.17, 15) is 18.0 Å². The number of carbonyl (C=O) groups is 1. The number of hydrogen-bond donors (Lipinski definition) is 0. The Kier molecular flexibility index (Phi) is 6.46. The first-order valence-electron chi connectivity index (χ1n) is 8.28. The molecule has 0 unspecified atom stereocenters. The van der Waals surface area contributed by atoms with Gasteiger partial charge in [0.25, 0.3) is 5.91 Å². The van der Waals surface area contributed by atoms with Crippen molar-refractivity contribution in [3.8, 4) is 0 Å². The second kappa shape index (κ2) is 8.19. The summed E-state index contributed by atoms with van der Waals surface area (Å²) in [5, 5.41) is 0. The van der Waals surface area contributed by atoms with E-state index in [2.05, 4.69) is 6.92 Å². The van der Waals surface area contributed by atoms with Crippen molar-refractivity contribution in [2.24, 2.45) is 5.41 Å². The van der Waals surface area contributed by atoms with E-state index < -0.39 is 11.7 Å². The quantitative estimate of drug-likeness (QED) is 0.779. The molecule has 0 aliphatic carbocycles. The highest BCUT2D eigenvalue weighted by atomic mass is 19.4. The Hall–Kier alpha value is -1.60. The van der Waals surface area contributed by atoms with Crippen LogP contribution in [0.3, 0.4) is 0 Å². The van der Waals surface area contributed by atoms with E-state index in [1.54, 1.807) is 12.0 Å². The van der Waals surface area contributed by atoms with Gasteiger partial charge in [0.05, 0.1) is 12.2 Å². The van der Waals surface area contributed by atoms with Crippen molar-refractivity contribution in [3.63, 3.8) is 0 Å². The minimum Gasteiger partial charge on any atom is -0.383 e. The van der Waals surface area contributed by atoms with E-state index in [1.807, 2.05) is 0 Å². The normalized spacial score (nSPS) is 17.3. The molecule has 1 amide bonds. The lowest BCUT2D eigenvalue weighted by Crippen LogP contribution is -2.44. The van der Waals surface area contributed by atoms with Crippen LogP contribution in [0.2, 0.25) is 0 Å². The number of amides is 1. The maximum absolute atomic E-state index is 12.8. The highest BCUT2D eigenvalue weighted by molar-refractivity contribution is 5.94. The van der Waals surface area contributed by atoms with Crippen LogP contribution in [0.25, 0.3) is 0 Å². The first-order valence-corrected chi connectivity index (χ1v) is 8.28. The second-order valence-corrected chi connectivity index (χ2v) is 6.72. The topological polar surface area (TPSA) is 38.8 Å². The van der Waals surface area contributed by atoms with Gasteiger partial charge in [-0.3, -0.25) is 4.79 Å². The van der Waals surface area contributed by atoms with Crippen molar-refractivity contribution < 1.29 is 27.4 Å². The molecule has 1 heterocycles. The summed E-state index contributed by atoms with van der Waals surface area (Å²) in [5.41, 5.74) is -0.572. The molecule has 1 aromatic rings. The zero-order valence-corrected chi connectivity index (χ0v) is 14.6. The van der Waals surface area contributed by atoms with Crippen LogP contribution in [0.15, 0.2) is 24.3 Å². The van der Waals surface area contributed by atoms with Crippen LogP contribution in [-0.4, -0.2) is 50.8 Å². The number of carbonyl (C=O) groups excluding carboxylic acids is 1. The number of nitrogens with zero attached hydrogens (tertiary/aromatic N) is 1. The Morgan fingerprint density at radius 1 is 1.24 bits per heavy atom. The van der Waals surface area contributed by atoms with Gasteiger partial charge in [-0.25, -0.2) is 0 Å². The average molecular weight is 359 g/mol.